The number of benzene rings is 1. The zero-order chi connectivity index (χ0) is 10.8. The van der Waals surface area contributed by atoms with Crippen LogP contribution in [0, 0.1) is 0 Å². The first kappa shape index (κ1) is 11.0. The van der Waals surface area contributed by atoms with Gasteiger partial charge in [-0.25, -0.2) is 0 Å². The summed E-state index contributed by atoms with van der Waals surface area (Å²) in [6.07, 6.45) is 0. The van der Waals surface area contributed by atoms with Crippen LogP contribution in [0.15, 0.2) is 24.3 Å². The summed E-state index contributed by atoms with van der Waals surface area (Å²) in [6.45, 7) is 0. The average Bonchev–Trinajstić information content (AvgIpc) is 2.15. The molecular formula is C8H10O5S. The lowest BCUT2D eigenvalue weighted by Gasteiger charge is -2.07. The van der Waals surface area contributed by atoms with Gasteiger partial charge in [0, 0.05) is 0 Å². The molecule has 0 aliphatic carbocycles. The summed E-state index contributed by atoms with van der Waals surface area (Å²) in [7, 11) is -2.99. The molecule has 0 fully saturated rings. The minimum Gasteiger partial charge on any atom is -0.497 e. The smallest absolute Gasteiger partial charge is 0.296 e. The second-order valence-electron chi connectivity index (χ2n) is 2.64. The third-order valence-corrected chi connectivity index (χ3v) is 2.52. The predicted octanol–water partition coefficient (Wildman–Crippen LogP) is 0.574. The predicted molar refractivity (Wildman–Crippen MR) is 49.5 cm³/mol. The van der Waals surface area contributed by atoms with Gasteiger partial charge in [-0.3, -0.25) is 4.55 Å². The van der Waals surface area contributed by atoms with Gasteiger partial charge in [0.05, 0.1) is 7.11 Å². The maximum absolute atomic E-state index is 10.6. The molecule has 0 saturated heterocycles. The van der Waals surface area contributed by atoms with Gasteiger partial charge in [-0.15, -0.1) is 0 Å². The molecule has 6 heteroatoms. The second-order valence-corrected chi connectivity index (χ2v) is 4.12. The first-order chi connectivity index (χ1) is 6.45. The highest BCUT2D eigenvalue weighted by Gasteiger charge is 2.21. The van der Waals surface area contributed by atoms with Crippen LogP contribution in [0.2, 0.25) is 0 Å². The van der Waals surface area contributed by atoms with E-state index in [1.165, 1.54) is 31.4 Å². The van der Waals surface area contributed by atoms with E-state index in [2.05, 4.69) is 0 Å². The molecule has 1 aromatic rings. The zero-order valence-electron chi connectivity index (χ0n) is 7.41. The third-order valence-electron chi connectivity index (χ3n) is 1.68. The second kappa shape index (κ2) is 3.95. The van der Waals surface area contributed by atoms with Crippen LogP contribution in [-0.4, -0.2) is 25.2 Å². The van der Waals surface area contributed by atoms with Crippen molar-refractivity contribution >= 4 is 10.1 Å². The maximum atomic E-state index is 10.6. The average molecular weight is 218 g/mol. The van der Waals surface area contributed by atoms with Crippen LogP contribution in [0.1, 0.15) is 11.0 Å². The lowest BCUT2D eigenvalue weighted by atomic mass is 10.2. The minimum absolute atomic E-state index is 0.0910. The van der Waals surface area contributed by atoms with Crippen molar-refractivity contribution in [2.24, 2.45) is 0 Å². The van der Waals surface area contributed by atoms with Crippen LogP contribution in [0.25, 0.3) is 0 Å². The number of rotatable bonds is 3. The summed E-state index contributed by atoms with van der Waals surface area (Å²) >= 11 is 0. The molecule has 0 saturated carbocycles. The van der Waals surface area contributed by atoms with E-state index in [1.807, 2.05) is 0 Å². The van der Waals surface area contributed by atoms with Crippen molar-refractivity contribution in [2.45, 2.75) is 5.44 Å². The molecule has 0 heterocycles. The zero-order valence-corrected chi connectivity index (χ0v) is 8.23. The van der Waals surface area contributed by atoms with E-state index in [0.717, 1.165) is 0 Å². The number of ether oxygens (including phenoxy) is 1. The maximum Gasteiger partial charge on any atom is 0.296 e. The van der Waals surface area contributed by atoms with E-state index in [9.17, 15) is 8.42 Å². The molecule has 14 heavy (non-hydrogen) atoms. The molecule has 78 valence electrons. The lowest BCUT2D eigenvalue weighted by molar-refractivity contribution is 0.238. The van der Waals surface area contributed by atoms with Gasteiger partial charge in [-0.1, -0.05) is 12.1 Å². The fourth-order valence-corrected chi connectivity index (χ4v) is 1.44. The number of methoxy groups -OCH3 is 1. The molecule has 0 aromatic heterocycles. The van der Waals surface area contributed by atoms with Gasteiger partial charge in [0.25, 0.3) is 10.1 Å². The Morgan fingerprint density at radius 2 is 1.79 bits per heavy atom. The molecular weight excluding hydrogens is 208 g/mol. The van der Waals surface area contributed by atoms with Crippen LogP contribution in [-0.2, 0) is 10.1 Å². The van der Waals surface area contributed by atoms with Crippen molar-refractivity contribution < 1.29 is 22.8 Å². The van der Waals surface area contributed by atoms with Crippen molar-refractivity contribution in [1.82, 2.24) is 0 Å². The summed E-state index contributed by atoms with van der Waals surface area (Å²) in [5, 5.41) is 9.14. The Hall–Kier alpha value is -1.11. The largest absolute Gasteiger partial charge is 0.497 e. The van der Waals surface area contributed by atoms with Crippen LogP contribution in [0.5, 0.6) is 5.75 Å². The molecule has 0 spiro atoms. The standard InChI is InChI=1S/C8H10O5S/c1-13-7-4-2-6(3-5-7)8(9)14(10,11)12/h2-5,8-9H,1H3,(H,10,11,12)/t8-/m0/s1. The Morgan fingerprint density at radius 3 is 2.14 bits per heavy atom. The van der Waals surface area contributed by atoms with Gasteiger partial charge in [0.1, 0.15) is 5.75 Å². The molecule has 1 aromatic carbocycles. The molecule has 0 unspecified atom stereocenters. The van der Waals surface area contributed by atoms with Crippen LogP contribution in [0.3, 0.4) is 0 Å². The van der Waals surface area contributed by atoms with Crippen molar-refractivity contribution in [2.75, 3.05) is 7.11 Å². The molecule has 1 rings (SSSR count). The lowest BCUT2D eigenvalue weighted by Crippen LogP contribution is -2.10. The van der Waals surface area contributed by atoms with Crippen LogP contribution >= 0.6 is 0 Å². The van der Waals surface area contributed by atoms with E-state index >= 15 is 0 Å². The van der Waals surface area contributed by atoms with Gasteiger partial charge in [0.15, 0.2) is 0 Å². The quantitative estimate of drug-likeness (QED) is 0.725. The van der Waals surface area contributed by atoms with E-state index in [4.69, 9.17) is 14.4 Å². The van der Waals surface area contributed by atoms with Crippen molar-refractivity contribution in [1.29, 1.82) is 0 Å². The monoisotopic (exact) mass is 218 g/mol. The fraction of sp³-hybridized carbons (Fsp3) is 0.250. The molecule has 0 radical (unpaired) electrons. The molecule has 0 aliphatic heterocycles. The Bertz CT molecular complexity index is 394. The molecule has 0 amide bonds. The fourth-order valence-electron chi connectivity index (χ4n) is 0.941. The summed E-state index contributed by atoms with van der Waals surface area (Å²) in [6, 6.07) is 5.70. The molecule has 5 nitrogen and oxygen atoms in total. The Morgan fingerprint density at radius 1 is 1.29 bits per heavy atom. The first-order valence-corrected chi connectivity index (χ1v) is 5.24. The molecule has 2 N–H and O–H groups in total. The number of hydrogen-bond acceptors (Lipinski definition) is 4. The van der Waals surface area contributed by atoms with Gasteiger partial charge in [-0.05, 0) is 17.7 Å². The summed E-state index contributed by atoms with van der Waals surface area (Å²) < 4.78 is 34.5. The number of aliphatic hydroxyl groups is 1. The SMILES string of the molecule is COc1ccc([C@@H](O)S(=O)(=O)O)cc1. The van der Waals surface area contributed by atoms with Gasteiger partial charge < -0.3 is 9.84 Å². The molecule has 1 atom stereocenters. The highest BCUT2D eigenvalue weighted by atomic mass is 32.2. The summed E-state index contributed by atoms with van der Waals surface area (Å²) in [5.41, 5.74) is -1.82. The van der Waals surface area contributed by atoms with E-state index in [0.29, 0.717) is 5.75 Å². The van der Waals surface area contributed by atoms with E-state index in [1.54, 1.807) is 0 Å². The van der Waals surface area contributed by atoms with Gasteiger partial charge in [-0.2, -0.15) is 8.42 Å². The van der Waals surface area contributed by atoms with Gasteiger partial charge in [0.2, 0.25) is 5.44 Å². The van der Waals surface area contributed by atoms with Crippen molar-refractivity contribution in [3.63, 3.8) is 0 Å². The molecule has 0 aliphatic rings. The number of hydrogen-bond donors (Lipinski definition) is 2. The van der Waals surface area contributed by atoms with E-state index in [-0.39, 0.29) is 5.56 Å². The van der Waals surface area contributed by atoms with E-state index < -0.39 is 15.6 Å². The highest BCUT2D eigenvalue weighted by molar-refractivity contribution is 7.85. The Balaban J connectivity index is 2.98. The molecule has 0 bridgehead atoms. The normalized spacial score (nSPS) is 13.6. The van der Waals surface area contributed by atoms with Crippen LogP contribution in [0.4, 0.5) is 0 Å². The Labute approximate surface area is 81.7 Å². The summed E-state index contributed by atoms with van der Waals surface area (Å²) in [4.78, 5) is 0. The third kappa shape index (κ3) is 2.44. The summed E-state index contributed by atoms with van der Waals surface area (Å²) in [5.74, 6) is 0.538. The van der Waals surface area contributed by atoms with Crippen molar-refractivity contribution in [3.8, 4) is 5.75 Å². The Kier molecular flexibility index (Phi) is 3.10. The number of aliphatic hydroxyl groups excluding tert-OH is 1. The highest BCUT2D eigenvalue weighted by Crippen LogP contribution is 2.20. The van der Waals surface area contributed by atoms with Crippen molar-refractivity contribution in [3.05, 3.63) is 29.8 Å². The minimum atomic E-state index is -4.46. The van der Waals surface area contributed by atoms with Crippen LogP contribution < -0.4 is 4.74 Å². The first-order valence-electron chi connectivity index (χ1n) is 3.73. The topological polar surface area (TPSA) is 83.8 Å². The van der Waals surface area contributed by atoms with Gasteiger partial charge >= 0.3 is 0 Å².